The molecular formula is C13H22N4. The quantitative estimate of drug-likeness (QED) is 0.801. The van der Waals surface area contributed by atoms with E-state index in [1.165, 1.54) is 5.69 Å². The molecule has 17 heavy (non-hydrogen) atoms. The summed E-state index contributed by atoms with van der Waals surface area (Å²) >= 11 is 0. The smallest absolute Gasteiger partial charge is 0.123 e. The highest BCUT2D eigenvalue weighted by atomic mass is 15.3. The number of nitrogens with two attached hydrogens (primary N) is 1. The van der Waals surface area contributed by atoms with Crippen molar-refractivity contribution in [3.05, 3.63) is 18.3 Å². The Balaban J connectivity index is 1.97. The Bertz CT molecular complexity index is 358. The van der Waals surface area contributed by atoms with Crippen LogP contribution in [0, 0.1) is 0 Å². The average Bonchev–Trinajstić information content (AvgIpc) is 2.29. The summed E-state index contributed by atoms with van der Waals surface area (Å²) in [4.78, 5) is 9.04. The van der Waals surface area contributed by atoms with Crippen LogP contribution >= 0.6 is 0 Å². The summed E-state index contributed by atoms with van der Waals surface area (Å²) in [5.41, 5.74) is 7.04. The monoisotopic (exact) mass is 234 g/mol. The minimum absolute atomic E-state index is 0.269. The average molecular weight is 234 g/mol. The van der Waals surface area contributed by atoms with Crippen LogP contribution in [0.5, 0.6) is 0 Å². The van der Waals surface area contributed by atoms with Gasteiger partial charge in [-0.25, -0.2) is 4.98 Å². The van der Waals surface area contributed by atoms with Crippen LogP contribution in [0.4, 0.5) is 11.5 Å². The fourth-order valence-corrected chi connectivity index (χ4v) is 2.22. The van der Waals surface area contributed by atoms with Crippen molar-refractivity contribution in [3.8, 4) is 0 Å². The van der Waals surface area contributed by atoms with E-state index >= 15 is 0 Å². The van der Waals surface area contributed by atoms with Crippen LogP contribution < -0.4 is 10.6 Å². The van der Waals surface area contributed by atoms with Gasteiger partial charge in [-0.2, -0.15) is 0 Å². The van der Waals surface area contributed by atoms with E-state index in [1.807, 2.05) is 12.3 Å². The molecule has 0 atom stereocenters. The number of anilines is 2. The predicted molar refractivity (Wildman–Crippen MR) is 72.2 cm³/mol. The molecule has 0 unspecified atom stereocenters. The Hall–Kier alpha value is -1.29. The molecule has 94 valence electrons. The van der Waals surface area contributed by atoms with Crippen LogP contribution in [0.3, 0.4) is 0 Å². The lowest BCUT2D eigenvalue weighted by Gasteiger charge is -2.42. The van der Waals surface area contributed by atoms with E-state index in [9.17, 15) is 0 Å². The Morgan fingerprint density at radius 1 is 1.12 bits per heavy atom. The first-order valence-corrected chi connectivity index (χ1v) is 6.18. The highest BCUT2D eigenvalue weighted by Gasteiger charge is 2.25. The number of hydrogen-bond acceptors (Lipinski definition) is 4. The molecule has 4 nitrogen and oxygen atoms in total. The summed E-state index contributed by atoms with van der Waals surface area (Å²) in [5, 5.41) is 0. The minimum Gasteiger partial charge on any atom is -0.384 e. The molecule has 0 bridgehead atoms. The van der Waals surface area contributed by atoms with E-state index in [0.29, 0.717) is 5.82 Å². The van der Waals surface area contributed by atoms with E-state index in [0.717, 1.165) is 26.2 Å². The van der Waals surface area contributed by atoms with Crippen molar-refractivity contribution in [2.75, 3.05) is 36.8 Å². The van der Waals surface area contributed by atoms with E-state index in [-0.39, 0.29) is 5.54 Å². The largest absolute Gasteiger partial charge is 0.384 e. The van der Waals surface area contributed by atoms with Crippen LogP contribution in [0.15, 0.2) is 18.3 Å². The van der Waals surface area contributed by atoms with Crippen molar-refractivity contribution < 1.29 is 0 Å². The summed E-state index contributed by atoms with van der Waals surface area (Å²) in [6.07, 6.45) is 1.86. The molecule has 1 aromatic rings. The highest BCUT2D eigenvalue weighted by molar-refractivity contribution is 5.48. The molecule has 1 aliphatic heterocycles. The van der Waals surface area contributed by atoms with Crippen LogP contribution in [0.2, 0.25) is 0 Å². The van der Waals surface area contributed by atoms with Crippen molar-refractivity contribution in [2.45, 2.75) is 26.3 Å². The SMILES string of the molecule is CC(C)(C)N1CCN(c2ccc(N)nc2)CC1. The number of hydrogen-bond donors (Lipinski definition) is 1. The third-order valence-electron chi connectivity index (χ3n) is 3.36. The van der Waals surface area contributed by atoms with Crippen molar-refractivity contribution in [1.82, 2.24) is 9.88 Å². The van der Waals surface area contributed by atoms with Crippen LogP contribution in [0.1, 0.15) is 20.8 Å². The Morgan fingerprint density at radius 3 is 2.24 bits per heavy atom. The normalized spacial score (nSPS) is 18.4. The predicted octanol–water partition coefficient (Wildman–Crippen LogP) is 1.58. The van der Waals surface area contributed by atoms with E-state index < -0.39 is 0 Å². The summed E-state index contributed by atoms with van der Waals surface area (Å²) in [6, 6.07) is 3.92. The molecule has 1 aliphatic rings. The van der Waals surface area contributed by atoms with Gasteiger partial charge in [-0.1, -0.05) is 0 Å². The first kappa shape index (κ1) is 12.2. The lowest BCUT2D eigenvalue weighted by molar-refractivity contribution is 0.128. The van der Waals surface area contributed by atoms with Crippen molar-refractivity contribution >= 4 is 11.5 Å². The first-order valence-electron chi connectivity index (χ1n) is 6.18. The third-order valence-corrected chi connectivity index (χ3v) is 3.36. The molecule has 1 fully saturated rings. The molecule has 0 spiro atoms. The van der Waals surface area contributed by atoms with Gasteiger partial charge in [0, 0.05) is 31.7 Å². The van der Waals surface area contributed by atoms with Crippen LogP contribution in [0.25, 0.3) is 0 Å². The number of piperazine rings is 1. The lowest BCUT2D eigenvalue weighted by atomic mass is 10.0. The fourth-order valence-electron chi connectivity index (χ4n) is 2.22. The molecule has 0 aliphatic carbocycles. The van der Waals surface area contributed by atoms with Crippen LogP contribution in [-0.4, -0.2) is 41.6 Å². The second-order valence-electron chi connectivity index (χ2n) is 5.59. The zero-order valence-corrected chi connectivity index (χ0v) is 11.0. The standard InChI is InChI=1S/C13H22N4/c1-13(2,3)17-8-6-16(7-9-17)11-4-5-12(14)15-10-11/h4-5,10H,6-9H2,1-3H3,(H2,14,15). The zero-order valence-electron chi connectivity index (χ0n) is 11.0. The van der Waals surface area contributed by atoms with E-state index in [4.69, 9.17) is 5.73 Å². The van der Waals surface area contributed by atoms with Gasteiger partial charge in [-0.15, -0.1) is 0 Å². The van der Waals surface area contributed by atoms with Gasteiger partial charge < -0.3 is 10.6 Å². The van der Waals surface area contributed by atoms with Gasteiger partial charge in [-0.05, 0) is 32.9 Å². The summed E-state index contributed by atoms with van der Waals surface area (Å²) in [6.45, 7) is 11.1. The molecular weight excluding hydrogens is 212 g/mol. The summed E-state index contributed by atoms with van der Waals surface area (Å²) < 4.78 is 0. The first-order chi connectivity index (χ1) is 7.97. The Morgan fingerprint density at radius 2 is 1.76 bits per heavy atom. The topological polar surface area (TPSA) is 45.4 Å². The van der Waals surface area contributed by atoms with Gasteiger partial charge in [0.05, 0.1) is 11.9 Å². The van der Waals surface area contributed by atoms with Crippen molar-refractivity contribution in [2.24, 2.45) is 0 Å². The number of pyridine rings is 1. The molecule has 0 aromatic carbocycles. The van der Waals surface area contributed by atoms with Crippen molar-refractivity contribution in [3.63, 3.8) is 0 Å². The fraction of sp³-hybridized carbons (Fsp3) is 0.615. The van der Waals surface area contributed by atoms with Gasteiger partial charge in [0.25, 0.3) is 0 Å². The summed E-state index contributed by atoms with van der Waals surface area (Å²) in [5.74, 6) is 0.585. The van der Waals surface area contributed by atoms with Gasteiger partial charge in [0.1, 0.15) is 5.82 Å². The van der Waals surface area contributed by atoms with Gasteiger partial charge in [0.2, 0.25) is 0 Å². The van der Waals surface area contributed by atoms with Crippen molar-refractivity contribution in [1.29, 1.82) is 0 Å². The molecule has 1 aromatic heterocycles. The minimum atomic E-state index is 0.269. The molecule has 4 heteroatoms. The summed E-state index contributed by atoms with van der Waals surface area (Å²) in [7, 11) is 0. The number of rotatable bonds is 1. The van der Waals surface area contributed by atoms with Gasteiger partial charge in [-0.3, -0.25) is 4.90 Å². The van der Waals surface area contributed by atoms with Gasteiger partial charge in [0.15, 0.2) is 0 Å². The van der Waals surface area contributed by atoms with E-state index in [2.05, 4.69) is 41.6 Å². The third kappa shape index (κ3) is 2.88. The second kappa shape index (κ2) is 4.53. The van der Waals surface area contributed by atoms with E-state index in [1.54, 1.807) is 0 Å². The number of nitrogen functional groups attached to an aromatic ring is 1. The Kier molecular flexibility index (Phi) is 3.24. The molecule has 2 rings (SSSR count). The maximum absolute atomic E-state index is 5.60. The second-order valence-corrected chi connectivity index (χ2v) is 5.59. The molecule has 2 N–H and O–H groups in total. The maximum Gasteiger partial charge on any atom is 0.123 e. The van der Waals surface area contributed by atoms with Crippen LogP contribution in [-0.2, 0) is 0 Å². The lowest BCUT2D eigenvalue weighted by Crippen LogP contribution is -2.53. The molecule has 2 heterocycles. The molecule has 1 saturated heterocycles. The van der Waals surface area contributed by atoms with Gasteiger partial charge >= 0.3 is 0 Å². The highest BCUT2D eigenvalue weighted by Crippen LogP contribution is 2.20. The number of nitrogens with zero attached hydrogens (tertiary/aromatic N) is 3. The molecule has 0 radical (unpaired) electrons. The molecule has 0 saturated carbocycles. The molecule has 0 amide bonds. The maximum atomic E-state index is 5.60. The zero-order chi connectivity index (χ0) is 12.5. The Labute approximate surface area is 103 Å². The number of aromatic nitrogens is 1.